The molecule has 126 valence electrons. The number of hydrogen-bond donors (Lipinski definition) is 2. The first-order valence-corrected chi connectivity index (χ1v) is 7.71. The Kier molecular flexibility index (Phi) is 4.24. The highest BCUT2D eigenvalue weighted by Crippen LogP contribution is 2.38. The Morgan fingerprint density at radius 2 is 1.74 bits per heavy atom. The Balaban J connectivity index is 2.28. The lowest BCUT2D eigenvalue weighted by Crippen LogP contribution is -2.41. The summed E-state index contributed by atoms with van der Waals surface area (Å²) < 4.78 is 17.6. The van der Waals surface area contributed by atoms with E-state index in [0.29, 0.717) is 17.1 Å². The van der Waals surface area contributed by atoms with Crippen LogP contribution in [0.3, 0.4) is 0 Å². The van der Waals surface area contributed by atoms with E-state index in [1.807, 2.05) is 48.5 Å². The van der Waals surface area contributed by atoms with Crippen LogP contribution < -0.4 is 10.5 Å². The molecule has 23 heavy (non-hydrogen) atoms. The molecule has 6 nitrogen and oxygen atoms in total. The molecule has 1 fully saturated rings. The quantitative estimate of drug-likeness (QED) is 0.660. The van der Waals surface area contributed by atoms with Gasteiger partial charge < -0.3 is 25.2 Å². The number of hydrogen-bond acceptors (Lipinski definition) is 6. The van der Waals surface area contributed by atoms with Crippen LogP contribution in [0.1, 0.15) is 54.0 Å². The van der Waals surface area contributed by atoms with Crippen molar-refractivity contribution in [2.24, 2.45) is 0 Å². The maximum absolute atomic E-state index is 8.44. The van der Waals surface area contributed by atoms with E-state index in [0.717, 1.165) is 0 Å². The molecule has 0 radical (unpaired) electrons. The molecule has 0 aromatic carbocycles. The number of rotatable bonds is 3. The maximum atomic E-state index is 8.44. The number of nitrogens with zero attached hydrogens (tertiary/aromatic N) is 1. The largest absolute Gasteiger partial charge is 0.514 e. The average Bonchev–Trinajstić information content (AvgIpc) is 2.58. The van der Waals surface area contributed by atoms with Crippen LogP contribution in [0.15, 0.2) is 12.3 Å². The summed E-state index contributed by atoms with van der Waals surface area (Å²) in [5, 5.41) is 8.44. The van der Waals surface area contributed by atoms with E-state index in [1.165, 1.54) is 6.20 Å². The number of anilines is 1. The van der Waals surface area contributed by atoms with E-state index < -0.39 is 18.3 Å². The molecule has 7 heteroatoms. The molecule has 0 aliphatic carbocycles. The third kappa shape index (κ3) is 3.67. The first-order chi connectivity index (χ1) is 10.3. The van der Waals surface area contributed by atoms with Crippen LogP contribution in [0.5, 0.6) is 5.88 Å². The molecule has 0 spiro atoms. The van der Waals surface area contributed by atoms with Crippen LogP contribution in [0.2, 0.25) is 0 Å². The minimum absolute atomic E-state index is 0.169. The highest BCUT2D eigenvalue weighted by Gasteiger charge is 2.53. The number of nitrogen functional groups attached to an aromatic ring is 1. The third-order valence-electron chi connectivity index (χ3n) is 4.10. The number of nitrogens with two attached hydrogens (primary N) is 1. The third-order valence-corrected chi connectivity index (χ3v) is 4.10. The monoisotopic (exact) mass is 319 g/mol. The van der Waals surface area contributed by atoms with E-state index >= 15 is 0 Å². The Morgan fingerprint density at radius 1 is 1.22 bits per heavy atom. The standard InChI is InChI=1S/C16H26BN3O3/c1-14(2,3)21-12-8-10(11(18)9-20-12)13(19)17-22-15(4,5)16(6,7)23-17/h8-9,19H,18H2,1-7H3. The van der Waals surface area contributed by atoms with E-state index in [2.05, 4.69) is 4.98 Å². The van der Waals surface area contributed by atoms with E-state index in [9.17, 15) is 0 Å². The van der Waals surface area contributed by atoms with Crippen LogP contribution >= 0.6 is 0 Å². The molecule has 1 aromatic heterocycles. The van der Waals surface area contributed by atoms with Gasteiger partial charge in [-0.15, -0.1) is 0 Å². The predicted octanol–water partition coefficient (Wildman–Crippen LogP) is 2.84. The molecule has 1 aromatic rings. The number of pyridine rings is 1. The van der Waals surface area contributed by atoms with Crippen molar-refractivity contribution < 1.29 is 14.0 Å². The zero-order valence-corrected chi connectivity index (χ0v) is 15.0. The van der Waals surface area contributed by atoms with Crippen LogP contribution in [-0.2, 0) is 9.31 Å². The SMILES string of the molecule is CC(C)(C)Oc1cc(C(=N)B2OC(C)(C)C(C)(C)O2)c(N)cn1. The average molecular weight is 319 g/mol. The van der Waals surface area contributed by atoms with E-state index in [1.54, 1.807) is 6.07 Å². The van der Waals surface area contributed by atoms with Gasteiger partial charge in [0.2, 0.25) is 5.88 Å². The lowest BCUT2D eigenvalue weighted by molar-refractivity contribution is 0.00578. The number of ether oxygens (including phenoxy) is 1. The zero-order chi connectivity index (χ0) is 17.6. The Morgan fingerprint density at radius 3 is 2.22 bits per heavy atom. The van der Waals surface area contributed by atoms with Crippen molar-refractivity contribution in [1.82, 2.24) is 4.98 Å². The van der Waals surface area contributed by atoms with Crippen molar-refractivity contribution >= 4 is 18.4 Å². The van der Waals surface area contributed by atoms with Crippen molar-refractivity contribution in [3.8, 4) is 5.88 Å². The highest BCUT2D eigenvalue weighted by molar-refractivity contribution is 6.85. The second-order valence-electron chi connectivity index (χ2n) is 7.83. The second-order valence-corrected chi connectivity index (χ2v) is 7.83. The normalized spacial score (nSPS) is 19.7. The van der Waals surface area contributed by atoms with Crippen molar-refractivity contribution in [3.63, 3.8) is 0 Å². The van der Waals surface area contributed by atoms with Gasteiger partial charge in [-0.1, -0.05) is 0 Å². The molecule has 0 bridgehead atoms. The van der Waals surface area contributed by atoms with Crippen molar-refractivity contribution in [2.45, 2.75) is 65.3 Å². The fourth-order valence-corrected chi connectivity index (χ4v) is 2.14. The van der Waals surface area contributed by atoms with Gasteiger partial charge >= 0.3 is 7.12 Å². The summed E-state index contributed by atoms with van der Waals surface area (Å²) in [7, 11) is -0.771. The minimum Gasteiger partial charge on any atom is -0.472 e. The lowest BCUT2D eigenvalue weighted by Gasteiger charge is -2.32. The van der Waals surface area contributed by atoms with Crippen LogP contribution in [0.25, 0.3) is 0 Å². The Bertz CT molecular complexity index is 607. The van der Waals surface area contributed by atoms with Gasteiger partial charge in [0.05, 0.1) is 28.7 Å². The molecule has 0 amide bonds. The summed E-state index contributed by atoms with van der Waals surface area (Å²) in [5.74, 6) is 0.419. The molecule has 0 saturated carbocycles. The molecule has 0 atom stereocenters. The van der Waals surface area contributed by atoms with Gasteiger partial charge in [0.1, 0.15) is 5.60 Å². The van der Waals surface area contributed by atoms with E-state index in [4.69, 9.17) is 25.2 Å². The van der Waals surface area contributed by atoms with Gasteiger partial charge in [-0.05, 0) is 48.5 Å². The van der Waals surface area contributed by atoms with Gasteiger partial charge in [0.25, 0.3) is 0 Å². The number of nitrogens with one attached hydrogen (secondary N) is 1. The first-order valence-electron chi connectivity index (χ1n) is 7.71. The molecule has 1 saturated heterocycles. The minimum atomic E-state index is -0.771. The van der Waals surface area contributed by atoms with E-state index in [-0.39, 0.29) is 11.2 Å². The van der Waals surface area contributed by atoms with Gasteiger partial charge in [-0.2, -0.15) is 0 Å². The van der Waals surface area contributed by atoms with Crippen LogP contribution in [-0.4, -0.2) is 34.5 Å². The predicted molar refractivity (Wildman–Crippen MR) is 91.9 cm³/mol. The van der Waals surface area contributed by atoms with Crippen molar-refractivity contribution in [3.05, 3.63) is 17.8 Å². The molecule has 2 rings (SSSR count). The second kappa shape index (κ2) is 5.49. The summed E-state index contributed by atoms with van der Waals surface area (Å²) in [6.45, 7) is 13.6. The fraction of sp³-hybridized carbons (Fsp3) is 0.625. The van der Waals surface area contributed by atoms with Gasteiger partial charge in [0, 0.05) is 11.6 Å². The van der Waals surface area contributed by atoms with Crippen molar-refractivity contribution in [1.29, 1.82) is 5.41 Å². The summed E-state index contributed by atoms with van der Waals surface area (Å²) >= 11 is 0. The summed E-state index contributed by atoms with van der Waals surface area (Å²) in [6, 6.07) is 1.66. The smallest absolute Gasteiger partial charge is 0.472 e. The fourth-order valence-electron chi connectivity index (χ4n) is 2.14. The molecule has 1 aliphatic rings. The highest BCUT2D eigenvalue weighted by atomic mass is 16.7. The summed E-state index contributed by atoms with van der Waals surface area (Å²) in [6.07, 6.45) is 1.50. The number of aromatic nitrogens is 1. The van der Waals surface area contributed by atoms with Gasteiger partial charge in [0.15, 0.2) is 0 Å². The maximum Gasteiger partial charge on any atom is 0.514 e. The summed E-state index contributed by atoms with van der Waals surface area (Å²) in [4.78, 5) is 4.16. The van der Waals surface area contributed by atoms with Gasteiger partial charge in [-0.25, -0.2) is 4.98 Å². The molecular weight excluding hydrogens is 293 g/mol. The lowest BCUT2D eigenvalue weighted by atomic mass is 9.77. The molecule has 0 unspecified atom stereocenters. The van der Waals surface area contributed by atoms with Gasteiger partial charge in [-0.3, -0.25) is 0 Å². The Hall–Kier alpha value is -1.60. The van der Waals surface area contributed by atoms with Crippen LogP contribution in [0, 0.1) is 5.41 Å². The summed E-state index contributed by atoms with van der Waals surface area (Å²) in [5.41, 5.74) is 5.67. The van der Waals surface area contributed by atoms with Crippen molar-refractivity contribution in [2.75, 3.05) is 5.73 Å². The zero-order valence-electron chi connectivity index (χ0n) is 15.0. The first kappa shape index (κ1) is 17.8. The van der Waals surface area contributed by atoms with Crippen LogP contribution in [0.4, 0.5) is 5.69 Å². The topological polar surface area (TPSA) is 90.5 Å². The molecule has 1 aliphatic heterocycles. The molecule has 3 N–H and O–H groups in total. The Labute approximate surface area is 138 Å². The molecular formula is C16H26BN3O3. The molecule has 2 heterocycles.